The summed E-state index contributed by atoms with van der Waals surface area (Å²) >= 11 is 0. The van der Waals surface area contributed by atoms with E-state index >= 15 is 0 Å². The molecule has 2 aromatic carbocycles. The minimum Gasteiger partial charge on any atom is -0.256 e. The zero-order valence-corrected chi connectivity index (χ0v) is 12.3. The molecule has 0 bridgehead atoms. The summed E-state index contributed by atoms with van der Waals surface area (Å²) in [6, 6.07) is 19.8. The second-order valence-electron chi connectivity index (χ2n) is 6.10. The number of nitrogens with zero attached hydrogens (tertiary/aromatic N) is 1. The molecule has 2 unspecified atom stereocenters. The quantitative estimate of drug-likeness (QED) is 0.625. The number of hydrogen-bond acceptors (Lipinski definition) is 1. The van der Waals surface area contributed by atoms with E-state index < -0.39 is 0 Å². The Morgan fingerprint density at radius 2 is 1.76 bits per heavy atom. The number of benzene rings is 2. The largest absolute Gasteiger partial charge is 0.256 e. The monoisotopic (exact) mass is 273 g/mol. The fraction of sp³-hybridized carbons (Fsp3) is 0.250. The summed E-state index contributed by atoms with van der Waals surface area (Å²) < 4.78 is 0. The van der Waals surface area contributed by atoms with E-state index in [1.54, 1.807) is 0 Å². The second kappa shape index (κ2) is 5.00. The number of aromatic nitrogens is 1. The Bertz CT molecular complexity index is 790. The predicted molar refractivity (Wildman–Crippen MR) is 87.6 cm³/mol. The van der Waals surface area contributed by atoms with Gasteiger partial charge in [0.25, 0.3) is 0 Å². The molecule has 0 radical (unpaired) electrons. The van der Waals surface area contributed by atoms with Crippen molar-refractivity contribution in [2.24, 2.45) is 0 Å². The summed E-state index contributed by atoms with van der Waals surface area (Å²) in [5, 5.41) is 1.26. The summed E-state index contributed by atoms with van der Waals surface area (Å²) in [6.07, 6.45) is 4.47. The molecule has 1 nitrogen and oxygen atoms in total. The van der Waals surface area contributed by atoms with Crippen molar-refractivity contribution in [2.45, 2.75) is 31.6 Å². The average Bonchev–Trinajstić information content (AvgIpc) is 2.48. The fourth-order valence-corrected chi connectivity index (χ4v) is 3.60. The molecule has 1 aliphatic rings. The fourth-order valence-electron chi connectivity index (χ4n) is 3.60. The van der Waals surface area contributed by atoms with E-state index in [1.165, 1.54) is 34.9 Å². The van der Waals surface area contributed by atoms with Gasteiger partial charge in [0, 0.05) is 11.6 Å². The van der Waals surface area contributed by atoms with Gasteiger partial charge in [-0.1, -0.05) is 36.4 Å². The van der Waals surface area contributed by atoms with Crippen molar-refractivity contribution in [1.82, 2.24) is 4.98 Å². The van der Waals surface area contributed by atoms with E-state index in [0.29, 0.717) is 11.8 Å². The average molecular weight is 273 g/mol. The maximum atomic E-state index is 4.42. The first-order valence-corrected chi connectivity index (χ1v) is 7.73. The van der Waals surface area contributed by atoms with Crippen molar-refractivity contribution in [3.63, 3.8) is 0 Å². The summed E-state index contributed by atoms with van der Waals surface area (Å²) in [6.45, 7) is 2.23. The highest BCUT2D eigenvalue weighted by Gasteiger charge is 2.33. The molecule has 4 rings (SSSR count). The Kier molecular flexibility index (Phi) is 2.99. The molecular weight excluding hydrogens is 254 g/mol. The third-order valence-electron chi connectivity index (χ3n) is 4.92. The Morgan fingerprint density at radius 3 is 2.57 bits per heavy atom. The van der Waals surface area contributed by atoms with Gasteiger partial charge in [-0.05, 0) is 66.5 Å². The Morgan fingerprint density at radius 1 is 0.905 bits per heavy atom. The van der Waals surface area contributed by atoms with Gasteiger partial charge in [-0.3, -0.25) is 4.98 Å². The molecule has 1 fully saturated rings. The van der Waals surface area contributed by atoms with Crippen molar-refractivity contribution in [3.8, 4) is 0 Å². The molecule has 21 heavy (non-hydrogen) atoms. The predicted octanol–water partition coefficient (Wildman–Crippen LogP) is 5.20. The SMILES string of the molecule is Cc1ccccc1C1CCC1c1ccc2ncccc2c1. The lowest BCUT2D eigenvalue weighted by atomic mass is 9.66. The summed E-state index contributed by atoms with van der Waals surface area (Å²) in [5.74, 6) is 1.34. The smallest absolute Gasteiger partial charge is 0.0702 e. The van der Waals surface area contributed by atoms with Gasteiger partial charge < -0.3 is 0 Å². The van der Waals surface area contributed by atoms with Gasteiger partial charge in [0.2, 0.25) is 0 Å². The summed E-state index contributed by atoms with van der Waals surface area (Å²) in [5.41, 5.74) is 5.51. The third kappa shape index (κ3) is 2.13. The van der Waals surface area contributed by atoms with Gasteiger partial charge >= 0.3 is 0 Å². The van der Waals surface area contributed by atoms with Crippen LogP contribution in [-0.2, 0) is 0 Å². The summed E-state index contributed by atoms with van der Waals surface area (Å²) in [4.78, 5) is 4.42. The number of aryl methyl sites for hydroxylation is 1. The van der Waals surface area contributed by atoms with E-state index in [4.69, 9.17) is 0 Å². The maximum absolute atomic E-state index is 4.42. The highest BCUT2D eigenvalue weighted by molar-refractivity contribution is 5.79. The minimum absolute atomic E-state index is 0.663. The molecule has 0 aliphatic heterocycles. The zero-order chi connectivity index (χ0) is 14.2. The zero-order valence-electron chi connectivity index (χ0n) is 12.3. The lowest BCUT2D eigenvalue weighted by Crippen LogP contribution is -2.22. The van der Waals surface area contributed by atoms with Gasteiger partial charge in [0.15, 0.2) is 0 Å². The van der Waals surface area contributed by atoms with Gasteiger partial charge in [-0.15, -0.1) is 0 Å². The van der Waals surface area contributed by atoms with Crippen LogP contribution in [0.4, 0.5) is 0 Å². The highest BCUT2D eigenvalue weighted by Crippen LogP contribution is 2.50. The minimum atomic E-state index is 0.663. The van der Waals surface area contributed by atoms with E-state index in [-0.39, 0.29) is 0 Å². The summed E-state index contributed by atoms with van der Waals surface area (Å²) in [7, 11) is 0. The number of hydrogen-bond donors (Lipinski definition) is 0. The van der Waals surface area contributed by atoms with Crippen molar-refractivity contribution >= 4 is 10.9 Å². The van der Waals surface area contributed by atoms with Gasteiger partial charge in [-0.2, -0.15) is 0 Å². The molecule has 0 spiro atoms. The standard InChI is InChI=1S/C20H19N/c1-14-5-2-3-7-17(14)19-10-9-18(19)15-8-11-20-16(13-15)6-4-12-21-20/h2-8,11-13,18-19H,9-10H2,1H3. The molecule has 3 aromatic rings. The van der Waals surface area contributed by atoms with Crippen molar-refractivity contribution in [3.05, 3.63) is 77.5 Å². The van der Waals surface area contributed by atoms with Crippen LogP contribution in [0.3, 0.4) is 0 Å². The number of pyridine rings is 1. The molecule has 1 saturated carbocycles. The molecule has 2 atom stereocenters. The molecule has 104 valence electrons. The van der Waals surface area contributed by atoms with Gasteiger partial charge in [0.05, 0.1) is 5.52 Å². The molecule has 0 N–H and O–H groups in total. The second-order valence-corrected chi connectivity index (χ2v) is 6.10. The first-order valence-electron chi connectivity index (χ1n) is 7.73. The molecule has 1 heteroatoms. The Labute approximate surface area is 125 Å². The first kappa shape index (κ1) is 12.6. The molecule has 1 aromatic heterocycles. The van der Waals surface area contributed by atoms with Crippen LogP contribution in [0.15, 0.2) is 60.8 Å². The van der Waals surface area contributed by atoms with Crippen LogP contribution in [0.25, 0.3) is 10.9 Å². The van der Waals surface area contributed by atoms with Gasteiger partial charge in [0.1, 0.15) is 0 Å². The normalized spacial score (nSPS) is 21.2. The highest BCUT2D eigenvalue weighted by atomic mass is 14.6. The van der Waals surface area contributed by atoms with E-state index in [0.717, 1.165) is 5.52 Å². The van der Waals surface area contributed by atoms with Crippen LogP contribution < -0.4 is 0 Å². The Hall–Kier alpha value is -2.15. The van der Waals surface area contributed by atoms with Gasteiger partial charge in [-0.25, -0.2) is 0 Å². The molecule has 1 aliphatic carbocycles. The van der Waals surface area contributed by atoms with Crippen LogP contribution in [0.5, 0.6) is 0 Å². The van der Waals surface area contributed by atoms with Crippen LogP contribution in [0, 0.1) is 6.92 Å². The van der Waals surface area contributed by atoms with Crippen molar-refractivity contribution < 1.29 is 0 Å². The van der Waals surface area contributed by atoms with Crippen LogP contribution in [0.2, 0.25) is 0 Å². The van der Waals surface area contributed by atoms with Crippen LogP contribution in [-0.4, -0.2) is 4.98 Å². The lowest BCUT2D eigenvalue weighted by molar-refractivity contribution is 0.345. The van der Waals surface area contributed by atoms with Crippen molar-refractivity contribution in [2.75, 3.05) is 0 Å². The number of fused-ring (bicyclic) bond motifs is 1. The van der Waals surface area contributed by atoms with E-state index in [2.05, 4.69) is 60.4 Å². The molecule has 0 saturated heterocycles. The number of rotatable bonds is 2. The van der Waals surface area contributed by atoms with Crippen LogP contribution >= 0.6 is 0 Å². The van der Waals surface area contributed by atoms with E-state index in [1.807, 2.05) is 12.3 Å². The maximum Gasteiger partial charge on any atom is 0.0702 e. The molecule has 1 heterocycles. The molecule has 0 amide bonds. The molecular formula is C20H19N. The van der Waals surface area contributed by atoms with Crippen molar-refractivity contribution in [1.29, 1.82) is 0 Å². The third-order valence-corrected chi connectivity index (χ3v) is 4.92. The topological polar surface area (TPSA) is 12.9 Å². The first-order chi connectivity index (χ1) is 10.3. The van der Waals surface area contributed by atoms with Crippen LogP contribution in [0.1, 0.15) is 41.4 Å². The Balaban J connectivity index is 1.71. The van der Waals surface area contributed by atoms with E-state index in [9.17, 15) is 0 Å². The lowest BCUT2D eigenvalue weighted by Gasteiger charge is -2.38.